The van der Waals surface area contributed by atoms with Crippen molar-refractivity contribution in [2.75, 3.05) is 18.0 Å². The molecular weight excluding hydrogens is 304 g/mol. The van der Waals surface area contributed by atoms with E-state index >= 15 is 0 Å². The van der Waals surface area contributed by atoms with Crippen molar-refractivity contribution in [3.05, 3.63) is 42.2 Å². The lowest BCUT2D eigenvalue weighted by molar-refractivity contribution is 0.0932. The van der Waals surface area contributed by atoms with Crippen LogP contribution in [-0.2, 0) is 0 Å². The third-order valence-corrected chi connectivity index (χ3v) is 4.47. The number of carbonyl (C=O) groups excluding carboxylic acids is 1. The van der Waals surface area contributed by atoms with Crippen molar-refractivity contribution in [2.45, 2.75) is 37.6 Å². The molecule has 7 heteroatoms. The van der Waals surface area contributed by atoms with E-state index in [1.54, 1.807) is 30.9 Å². The fourth-order valence-corrected chi connectivity index (χ4v) is 3.01. The average Bonchev–Trinajstić information content (AvgIpc) is 3.48. The van der Waals surface area contributed by atoms with E-state index in [1.165, 1.54) is 0 Å². The molecule has 0 radical (unpaired) electrons. The van der Waals surface area contributed by atoms with Crippen molar-refractivity contribution in [1.82, 2.24) is 25.3 Å². The molecule has 0 bridgehead atoms. The molecule has 1 amide bonds. The number of hydrogen-bond donors (Lipinski definition) is 1. The van der Waals surface area contributed by atoms with Gasteiger partial charge in [0.15, 0.2) is 0 Å². The number of anilines is 1. The van der Waals surface area contributed by atoms with E-state index in [-0.39, 0.29) is 11.9 Å². The molecule has 1 N–H and O–H groups in total. The van der Waals surface area contributed by atoms with Gasteiger partial charge in [-0.25, -0.2) is 19.9 Å². The molecular formula is C17H20N6O. The third-order valence-electron chi connectivity index (χ3n) is 4.47. The summed E-state index contributed by atoms with van der Waals surface area (Å²) in [6.07, 6.45) is 11.0. The Morgan fingerprint density at radius 2 is 1.83 bits per heavy atom. The van der Waals surface area contributed by atoms with Crippen LogP contribution in [0.25, 0.3) is 0 Å². The molecule has 2 aliphatic rings. The van der Waals surface area contributed by atoms with Gasteiger partial charge in [-0.1, -0.05) is 0 Å². The van der Waals surface area contributed by atoms with E-state index in [1.807, 2.05) is 0 Å². The van der Waals surface area contributed by atoms with Gasteiger partial charge in [0.2, 0.25) is 5.95 Å². The monoisotopic (exact) mass is 324 g/mol. The lowest BCUT2D eigenvalue weighted by Crippen LogP contribution is -2.48. The smallest absolute Gasteiger partial charge is 0.254 e. The molecule has 124 valence electrons. The van der Waals surface area contributed by atoms with Crippen molar-refractivity contribution in [2.24, 2.45) is 0 Å². The van der Waals surface area contributed by atoms with Crippen LogP contribution >= 0.6 is 0 Å². The van der Waals surface area contributed by atoms with Gasteiger partial charge in [0, 0.05) is 49.8 Å². The van der Waals surface area contributed by atoms with Gasteiger partial charge in [-0.2, -0.15) is 0 Å². The summed E-state index contributed by atoms with van der Waals surface area (Å²) < 4.78 is 0. The highest BCUT2D eigenvalue weighted by atomic mass is 16.1. The quantitative estimate of drug-likeness (QED) is 0.918. The summed E-state index contributed by atoms with van der Waals surface area (Å²) in [7, 11) is 0. The number of piperidine rings is 1. The minimum atomic E-state index is -0.113. The summed E-state index contributed by atoms with van der Waals surface area (Å²) in [6.45, 7) is 1.63. The van der Waals surface area contributed by atoms with Crippen LogP contribution in [0.5, 0.6) is 0 Å². The minimum absolute atomic E-state index is 0.0816. The predicted octanol–water partition coefficient (Wildman–Crippen LogP) is 1.54. The Bertz CT molecular complexity index is 701. The number of aromatic nitrogens is 4. The molecule has 4 rings (SSSR count). The molecule has 2 fully saturated rings. The Morgan fingerprint density at radius 3 is 2.54 bits per heavy atom. The van der Waals surface area contributed by atoms with E-state index < -0.39 is 0 Å². The number of nitrogens with one attached hydrogen (secondary N) is 1. The molecule has 0 spiro atoms. The summed E-state index contributed by atoms with van der Waals surface area (Å²) in [5, 5.41) is 3.08. The molecule has 24 heavy (non-hydrogen) atoms. The van der Waals surface area contributed by atoms with Crippen LogP contribution in [0.4, 0.5) is 5.95 Å². The van der Waals surface area contributed by atoms with Crippen molar-refractivity contribution in [3.63, 3.8) is 0 Å². The fourth-order valence-electron chi connectivity index (χ4n) is 3.01. The van der Waals surface area contributed by atoms with E-state index in [2.05, 4.69) is 30.2 Å². The van der Waals surface area contributed by atoms with Crippen LogP contribution in [0.3, 0.4) is 0 Å². The summed E-state index contributed by atoms with van der Waals surface area (Å²) in [5.74, 6) is 1.96. The molecule has 2 aromatic rings. The summed E-state index contributed by atoms with van der Waals surface area (Å²) in [5.41, 5.74) is 0.521. The fraction of sp³-hybridized carbons (Fsp3) is 0.471. The van der Waals surface area contributed by atoms with Gasteiger partial charge in [-0.15, -0.1) is 0 Å². The first kappa shape index (κ1) is 15.0. The van der Waals surface area contributed by atoms with Crippen LogP contribution < -0.4 is 10.2 Å². The minimum Gasteiger partial charge on any atom is -0.347 e. The Hall–Kier alpha value is -2.57. The molecule has 1 atom stereocenters. The van der Waals surface area contributed by atoms with Crippen molar-refractivity contribution < 1.29 is 4.79 Å². The zero-order valence-corrected chi connectivity index (χ0v) is 13.4. The number of nitrogens with zero attached hydrogens (tertiary/aromatic N) is 5. The normalized spacial score (nSPS) is 20.7. The highest BCUT2D eigenvalue weighted by Crippen LogP contribution is 2.37. The third kappa shape index (κ3) is 3.34. The maximum absolute atomic E-state index is 12.4. The Kier molecular flexibility index (Phi) is 4.06. The molecule has 2 aromatic heterocycles. The first-order valence-corrected chi connectivity index (χ1v) is 8.44. The summed E-state index contributed by atoms with van der Waals surface area (Å²) >= 11 is 0. The second-order valence-electron chi connectivity index (χ2n) is 6.41. The van der Waals surface area contributed by atoms with Crippen LogP contribution in [-0.4, -0.2) is 45.0 Å². The van der Waals surface area contributed by atoms with Crippen LogP contribution in [0.1, 0.15) is 47.8 Å². The maximum atomic E-state index is 12.4. The number of rotatable bonds is 4. The van der Waals surface area contributed by atoms with E-state index in [0.29, 0.717) is 17.4 Å². The standard InChI is InChI=1S/C17H20N6O/c24-16(13-9-20-15(21-10-13)12-4-5-12)22-14-3-1-8-23(11-14)17-18-6-2-7-19-17/h2,6-7,9-10,12,14H,1,3-5,8,11H2,(H,22,24). The number of carbonyl (C=O) groups is 1. The van der Waals surface area contributed by atoms with E-state index in [0.717, 1.165) is 44.6 Å². The van der Waals surface area contributed by atoms with Gasteiger partial charge in [0.05, 0.1) is 5.56 Å². The highest BCUT2D eigenvalue weighted by molar-refractivity contribution is 5.93. The number of hydrogen-bond acceptors (Lipinski definition) is 6. The first-order chi connectivity index (χ1) is 11.8. The van der Waals surface area contributed by atoms with Crippen LogP contribution in [0, 0.1) is 0 Å². The Balaban J connectivity index is 1.38. The molecule has 1 saturated carbocycles. The lowest BCUT2D eigenvalue weighted by Gasteiger charge is -2.33. The van der Waals surface area contributed by atoms with Crippen LogP contribution in [0.2, 0.25) is 0 Å². The largest absolute Gasteiger partial charge is 0.347 e. The molecule has 1 saturated heterocycles. The zero-order chi connectivity index (χ0) is 16.4. The molecule has 7 nitrogen and oxygen atoms in total. The predicted molar refractivity (Wildman–Crippen MR) is 88.7 cm³/mol. The molecule has 3 heterocycles. The highest BCUT2D eigenvalue weighted by Gasteiger charge is 2.27. The molecule has 1 aliphatic carbocycles. The maximum Gasteiger partial charge on any atom is 0.254 e. The molecule has 0 aromatic carbocycles. The number of amides is 1. The van der Waals surface area contributed by atoms with Crippen molar-refractivity contribution in [1.29, 1.82) is 0 Å². The summed E-state index contributed by atoms with van der Waals surface area (Å²) in [4.78, 5) is 31.7. The van der Waals surface area contributed by atoms with Gasteiger partial charge in [-0.3, -0.25) is 4.79 Å². The molecule has 1 unspecified atom stereocenters. The molecule has 1 aliphatic heterocycles. The first-order valence-electron chi connectivity index (χ1n) is 8.44. The van der Waals surface area contributed by atoms with Gasteiger partial charge in [0.1, 0.15) is 5.82 Å². The van der Waals surface area contributed by atoms with Gasteiger partial charge >= 0.3 is 0 Å². The topological polar surface area (TPSA) is 83.9 Å². The van der Waals surface area contributed by atoms with E-state index in [9.17, 15) is 4.79 Å². The van der Waals surface area contributed by atoms with Gasteiger partial charge < -0.3 is 10.2 Å². The Morgan fingerprint density at radius 1 is 1.08 bits per heavy atom. The van der Waals surface area contributed by atoms with Crippen molar-refractivity contribution >= 4 is 11.9 Å². The van der Waals surface area contributed by atoms with Gasteiger partial charge in [0.25, 0.3) is 5.91 Å². The SMILES string of the molecule is O=C(NC1CCCN(c2ncccn2)C1)c1cnc(C2CC2)nc1. The van der Waals surface area contributed by atoms with Gasteiger partial charge in [-0.05, 0) is 31.7 Å². The van der Waals surface area contributed by atoms with Crippen LogP contribution in [0.15, 0.2) is 30.9 Å². The Labute approximate surface area is 140 Å². The second-order valence-corrected chi connectivity index (χ2v) is 6.41. The van der Waals surface area contributed by atoms with Crippen molar-refractivity contribution in [3.8, 4) is 0 Å². The average molecular weight is 324 g/mol. The summed E-state index contributed by atoms with van der Waals surface area (Å²) in [6, 6.07) is 1.89. The lowest BCUT2D eigenvalue weighted by atomic mass is 10.1. The second kappa shape index (κ2) is 6.51. The zero-order valence-electron chi connectivity index (χ0n) is 13.4. The van der Waals surface area contributed by atoms with E-state index in [4.69, 9.17) is 0 Å².